The van der Waals surface area contributed by atoms with Crippen LogP contribution in [0.2, 0.25) is 0 Å². The van der Waals surface area contributed by atoms with Gasteiger partial charge in [0.25, 0.3) is 5.97 Å². The number of carbonyl (C=O) groups is 1. The summed E-state index contributed by atoms with van der Waals surface area (Å²) in [5.74, 6) is -1.27. The van der Waals surface area contributed by atoms with Crippen LogP contribution in [0.4, 0.5) is 0 Å². The van der Waals surface area contributed by atoms with Crippen LogP contribution < -0.4 is 63.3 Å². The topological polar surface area (TPSA) is 80.6 Å². The number of aliphatic carboxylic acids is 1. The number of carboxylic acid groups (broad SMARTS) is 1. The normalized spacial score (nSPS) is 11.0. The fourth-order valence-electron chi connectivity index (χ4n) is 0.919. The first kappa shape index (κ1) is 19.7. The van der Waals surface area contributed by atoms with Crippen LogP contribution in [-0.4, -0.2) is 28.9 Å². The first-order chi connectivity index (χ1) is 5.68. The minimum Gasteiger partial charge on any atom is -0.844 e. The molecule has 0 saturated heterocycles. The number of unbranched alkanes of at least 4 members (excludes halogenated alkanes) is 3. The molecule has 1 atom stereocenters. The fraction of sp³-hybridized carbons (Fsp3) is 0.875. The van der Waals surface area contributed by atoms with Crippen molar-refractivity contribution in [2.45, 2.75) is 38.2 Å². The molecule has 0 aromatic rings. The molecule has 0 aliphatic rings. The second-order valence-corrected chi connectivity index (χ2v) is 2.75. The Morgan fingerprint density at radius 1 is 1.21 bits per heavy atom. The van der Waals surface area contributed by atoms with Gasteiger partial charge in [0, 0.05) is 6.61 Å². The van der Waals surface area contributed by atoms with Crippen LogP contribution in [0.25, 0.3) is 0 Å². The Balaban J connectivity index is -0.000000605. The van der Waals surface area contributed by atoms with Crippen molar-refractivity contribution in [2.75, 3.05) is 6.61 Å². The Hall–Kier alpha value is 0.195. The minimum atomic E-state index is -1.47. The number of carboxylic acids is 1. The van der Waals surface area contributed by atoms with E-state index in [0.29, 0.717) is 6.42 Å². The third-order valence-electron chi connectivity index (χ3n) is 1.65. The van der Waals surface area contributed by atoms with E-state index in [2.05, 4.69) is 0 Å². The fourth-order valence-corrected chi connectivity index (χ4v) is 0.919. The molecule has 2 N–H and O–H groups in total. The van der Waals surface area contributed by atoms with Crippen molar-refractivity contribution in [1.82, 2.24) is 0 Å². The summed E-state index contributed by atoms with van der Waals surface area (Å²) in [6, 6.07) is 0. The van der Waals surface area contributed by atoms with Crippen LogP contribution in [-0.2, 0) is 4.79 Å². The van der Waals surface area contributed by atoms with E-state index in [9.17, 15) is 9.90 Å². The minimum absolute atomic E-state index is 0. The van der Waals surface area contributed by atoms with Crippen molar-refractivity contribution < 1.29 is 78.3 Å². The molecule has 0 amide bonds. The van der Waals surface area contributed by atoms with E-state index in [0.717, 1.165) is 19.3 Å². The summed E-state index contributed by atoms with van der Waals surface area (Å²) in [7, 11) is 0. The summed E-state index contributed by atoms with van der Waals surface area (Å²) < 4.78 is 0. The molecule has 0 bridgehead atoms. The van der Waals surface area contributed by atoms with Crippen LogP contribution in [0, 0.1) is 0 Å². The third kappa shape index (κ3) is 12.2. The molecule has 0 rings (SSSR count). The zero-order valence-corrected chi connectivity index (χ0v) is 20.1. The molecule has 0 unspecified atom stereocenters. The van der Waals surface area contributed by atoms with Crippen molar-refractivity contribution in [3.8, 4) is 0 Å². The van der Waals surface area contributed by atoms with E-state index >= 15 is 0 Å². The smallest absolute Gasteiger partial charge is 0.844 e. The summed E-state index contributed by atoms with van der Waals surface area (Å²) in [6.07, 6.45) is 1.78. The maximum atomic E-state index is 10.6. The van der Waals surface area contributed by atoms with Gasteiger partial charge in [-0.05, 0) is 12.5 Å². The summed E-state index contributed by atoms with van der Waals surface area (Å²) >= 11 is 0. The van der Waals surface area contributed by atoms with E-state index in [4.69, 9.17) is 10.2 Å². The predicted octanol–water partition coefficient (Wildman–Crippen LogP) is -3.25. The van der Waals surface area contributed by atoms with Crippen molar-refractivity contribution in [1.29, 1.82) is 0 Å². The van der Waals surface area contributed by atoms with Crippen molar-refractivity contribution in [2.24, 2.45) is 0 Å². The summed E-state index contributed by atoms with van der Waals surface area (Å²) in [4.78, 5) is 10.1. The van der Waals surface area contributed by atoms with E-state index in [1.807, 2.05) is 0 Å². The monoisotopic (exact) mass is 527 g/mol. The van der Waals surface area contributed by atoms with Crippen LogP contribution in [0.3, 0.4) is 0 Å². The second kappa shape index (κ2) is 13.2. The molecule has 0 saturated carbocycles. The van der Waals surface area contributed by atoms with Crippen LogP contribution in [0.15, 0.2) is 0 Å². The molecule has 0 spiro atoms. The standard InChI is InChI=1S/C8H15O4.Rb.Rf/c9-6-4-2-1-3-5-7(10)8(11)12;;/h7,9H,1-6H2,(H,11,12);;/q-1;+1;/t7-;;/m1../s1. The molecular weight excluding hydrogens is 513 g/mol. The van der Waals surface area contributed by atoms with Gasteiger partial charge in [-0.1, -0.05) is 25.7 Å². The maximum Gasteiger partial charge on any atom is 1.00 e. The Morgan fingerprint density at radius 3 is 2.14 bits per heavy atom. The van der Waals surface area contributed by atoms with Crippen LogP contribution in [0.1, 0.15) is 32.1 Å². The number of rotatable bonds is 7. The molecule has 74 valence electrons. The second-order valence-electron chi connectivity index (χ2n) is 2.75. The Kier molecular flexibility index (Phi) is 18.6. The van der Waals surface area contributed by atoms with Gasteiger partial charge in [-0.3, -0.25) is 4.79 Å². The maximum absolute atomic E-state index is 10.6. The molecular formula is C8H15O4RbRf. The van der Waals surface area contributed by atoms with Gasteiger partial charge in [-0.2, -0.15) is 0 Å². The van der Waals surface area contributed by atoms with Gasteiger partial charge in [-0.15, -0.1) is 0 Å². The molecule has 6 heteroatoms. The molecule has 0 aromatic heterocycles. The zero-order valence-electron chi connectivity index (χ0n) is 8.74. The van der Waals surface area contributed by atoms with Crippen molar-refractivity contribution in [3.63, 3.8) is 0 Å². The average Bonchev–Trinajstić information content (AvgIpc) is 2.03. The van der Waals surface area contributed by atoms with Gasteiger partial charge in [0.15, 0.2) is 0 Å². The van der Waals surface area contributed by atoms with E-state index in [1.165, 1.54) is 0 Å². The number of hydrogen-bond acceptors (Lipinski definition) is 3. The summed E-state index contributed by atoms with van der Waals surface area (Å²) in [5.41, 5.74) is 0. The van der Waals surface area contributed by atoms with Crippen molar-refractivity contribution >= 4 is 5.97 Å². The average molecular weight is 528 g/mol. The van der Waals surface area contributed by atoms with Gasteiger partial charge >= 0.3 is 58.2 Å². The molecule has 0 fully saturated rings. The van der Waals surface area contributed by atoms with E-state index in [1.54, 1.807) is 0 Å². The van der Waals surface area contributed by atoms with Gasteiger partial charge in [0.2, 0.25) is 0 Å². The first-order valence-corrected chi connectivity index (χ1v) is 4.18. The molecule has 0 heterocycles. The quantitative estimate of drug-likeness (QED) is 0.341. The van der Waals surface area contributed by atoms with E-state index < -0.39 is 12.1 Å². The Labute approximate surface area is 127 Å². The molecule has 14 heavy (non-hydrogen) atoms. The van der Waals surface area contributed by atoms with E-state index in [-0.39, 0.29) is 71.2 Å². The van der Waals surface area contributed by atoms with Gasteiger partial charge in [-0.25, -0.2) is 0 Å². The molecule has 4 nitrogen and oxygen atoms in total. The number of hydrogen-bond donors (Lipinski definition) is 2. The summed E-state index contributed by atoms with van der Waals surface area (Å²) in [5, 5.41) is 27.2. The van der Waals surface area contributed by atoms with Crippen LogP contribution in [0.5, 0.6) is 0 Å². The number of aliphatic hydroxyl groups is 1. The molecule has 0 aliphatic heterocycles. The summed E-state index contributed by atoms with van der Waals surface area (Å²) in [6.45, 7) is 0.166. The van der Waals surface area contributed by atoms with Crippen molar-refractivity contribution in [3.05, 3.63) is 0 Å². The first-order valence-electron chi connectivity index (χ1n) is 4.18. The number of aliphatic hydroxyl groups excluding tert-OH is 1. The van der Waals surface area contributed by atoms with Crippen LogP contribution >= 0.6 is 0 Å². The van der Waals surface area contributed by atoms with Gasteiger partial charge in [0.1, 0.15) is 0 Å². The molecule has 0 aromatic carbocycles. The largest absolute Gasteiger partial charge is 1.00 e. The van der Waals surface area contributed by atoms with Gasteiger partial charge < -0.3 is 15.3 Å². The SMILES string of the molecule is O=C(O)[C@H]([O-])CCCCCCO.[Rb+].[Rf]. The molecule has 0 radical (unpaired) electrons. The zero-order chi connectivity index (χ0) is 9.40. The van der Waals surface area contributed by atoms with Gasteiger partial charge in [0.05, 0.1) is 0 Å². The third-order valence-corrected chi connectivity index (χ3v) is 1.65. The molecule has 0 aliphatic carbocycles. The predicted molar refractivity (Wildman–Crippen MR) is 41.6 cm³/mol. The Morgan fingerprint density at radius 2 is 1.71 bits per heavy atom. The Bertz CT molecular complexity index is 135.